The highest BCUT2D eigenvalue weighted by molar-refractivity contribution is 5.88. The van der Waals surface area contributed by atoms with Gasteiger partial charge in [-0.1, -0.05) is 13.8 Å². The molecule has 0 radical (unpaired) electrons. The van der Waals surface area contributed by atoms with E-state index < -0.39 is 5.41 Å². The van der Waals surface area contributed by atoms with Gasteiger partial charge in [0.1, 0.15) is 5.41 Å². The fraction of sp³-hybridized carbons (Fsp3) is 0.800. The quantitative estimate of drug-likeness (QED) is 0.664. The van der Waals surface area contributed by atoms with E-state index in [4.69, 9.17) is 5.26 Å². The number of carbonyl (C=O) groups is 1. The van der Waals surface area contributed by atoms with Gasteiger partial charge < -0.3 is 5.32 Å². The zero-order valence-corrected chi connectivity index (χ0v) is 8.26. The predicted octanol–water partition coefficient (Wildman–Crippen LogP) is 1.45. The van der Waals surface area contributed by atoms with Gasteiger partial charge >= 0.3 is 0 Å². The van der Waals surface area contributed by atoms with Crippen molar-refractivity contribution < 1.29 is 4.79 Å². The molecule has 1 saturated heterocycles. The summed E-state index contributed by atoms with van der Waals surface area (Å²) in [4.78, 5) is 11.3. The van der Waals surface area contributed by atoms with Gasteiger partial charge in [0.15, 0.2) is 0 Å². The summed E-state index contributed by atoms with van der Waals surface area (Å²) in [5, 5.41) is 11.6. The molecular weight excluding hydrogens is 164 g/mol. The molecule has 1 aliphatic carbocycles. The van der Waals surface area contributed by atoms with E-state index in [1.807, 2.05) is 13.8 Å². The van der Waals surface area contributed by atoms with Crippen LogP contribution in [0.2, 0.25) is 0 Å². The van der Waals surface area contributed by atoms with Crippen LogP contribution >= 0.6 is 0 Å². The molecule has 0 bridgehead atoms. The van der Waals surface area contributed by atoms with Gasteiger partial charge in [0.05, 0.1) is 6.07 Å². The van der Waals surface area contributed by atoms with Gasteiger partial charge in [-0.3, -0.25) is 4.79 Å². The number of nitrogens with one attached hydrogen (secondary N) is 1. The summed E-state index contributed by atoms with van der Waals surface area (Å²) in [6, 6.07) is 2.18. The summed E-state index contributed by atoms with van der Waals surface area (Å²) in [5.74, 6) is 0.317. The van der Waals surface area contributed by atoms with Crippen molar-refractivity contribution in [3.8, 4) is 6.07 Å². The highest BCUT2D eigenvalue weighted by Gasteiger charge is 2.53. The highest BCUT2D eigenvalue weighted by atomic mass is 16.2. The predicted molar refractivity (Wildman–Crippen MR) is 49.7 cm³/mol. The van der Waals surface area contributed by atoms with Gasteiger partial charge in [-0.25, -0.2) is 0 Å². The van der Waals surface area contributed by atoms with Crippen molar-refractivity contribution in [2.45, 2.75) is 33.1 Å². The van der Waals surface area contributed by atoms with Gasteiger partial charge in [0.25, 0.3) is 0 Å². The van der Waals surface area contributed by atoms with Gasteiger partial charge in [-0.15, -0.1) is 0 Å². The first-order valence-corrected chi connectivity index (χ1v) is 4.99. The number of hydrogen-bond donors (Lipinski definition) is 1. The zero-order valence-electron chi connectivity index (χ0n) is 8.26. The molecule has 1 N–H and O–H groups in total. The molecule has 1 atom stereocenters. The summed E-state index contributed by atoms with van der Waals surface area (Å²) in [5.41, 5.74) is -0.639. The van der Waals surface area contributed by atoms with Crippen LogP contribution in [0.25, 0.3) is 0 Å². The first kappa shape index (κ1) is 10.0. The second-order valence-electron chi connectivity index (χ2n) is 3.36. The first-order valence-electron chi connectivity index (χ1n) is 4.99. The van der Waals surface area contributed by atoms with E-state index in [9.17, 15) is 4.79 Å². The molecule has 13 heavy (non-hydrogen) atoms. The Kier molecular flexibility index (Phi) is 2.92. The van der Waals surface area contributed by atoms with E-state index >= 15 is 0 Å². The van der Waals surface area contributed by atoms with Crippen molar-refractivity contribution in [1.82, 2.24) is 5.32 Å². The molecule has 3 heteroatoms. The van der Waals surface area contributed by atoms with Crippen LogP contribution in [0.5, 0.6) is 0 Å². The summed E-state index contributed by atoms with van der Waals surface area (Å²) < 4.78 is 0. The maximum absolute atomic E-state index is 11.3. The van der Waals surface area contributed by atoms with Crippen LogP contribution in [-0.2, 0) is 4.79 Å². The van der Waals surface area contributed by atoms with E-state index in [1.54, 1.807) is 0 Å². The normalized spacial score (nSPS) is 31.3. The fourth-order valence-electron chi connectivity index (χ4n) is 1.81. The molecule has 2 fully saturated rings. The number of rotatable bonds is 1. The molecule has 72 valence electrons. The lowest BCUT2D eigenvalue weighted by molar-refractivity contribution is -0.125. The van der Waals surface area contributed by atoms with Crippen LogP contribution in [0.3, 0.4) is 0 Å². The summed E-state index contributed by atoms with van der Waals surface area (Å²) >= 11 is 0. The first-order chi connectivity index (χ1) is 6.29. The second kappa shape index (κ2) is 3.78. The maximum Gasteiger partial charge on any atom is 0.240 e. The monoisotopic (exact) mass is 180 g/mol. The second-order valence-corrected chi connectivity index (χ2v) is 3.36. The molecule has 0 spiro atoms. The standard InChI is InChI=1S/C8H10N2O.C2H6/c9-5-8(6-1-2-6)3-4-10-7(8)11;1-2/h6H,1-4H2,(H,10,11);1-2H3. The SMILES string of the molecule is CC.N#CC1(C2CC2)CCNC1=O. The zero-order chi connectivity index (χ0) is 9.90. The largest absolute Gasteiger partial charge is 0.355 e. The lowest BCUT2D eigenvalue weighted by Crippen LogP contribution is -2.31. The van der Waals surface area contributed by atoms with E-state index in [0.717, 1.165) is 12.8 Å². The Hall–Kier alpha value is -1.04. The third kappa shape index (κ3) is 1.53. The lowest BCUT2D eigenvalue weighted by atomic mass is 9.83. The van der Waals surface area contributed by atoms with Crippen LogP contribution in [0.4, 0.5) is 0 Å². The van der Waals surface area contributed by atoms with Gasteiger partial charge in [0, 0.05) is 6.54 Å². The van der Waals surface area contributed by atoms with E-state index in [-0.39, 0.29) is 5.91 Å². The van der Waals surface area contributed by atoms with Crippen molar-refractivity contribution >= 4 is 5.91 Å². The number of nitrogens with zero attached hydrogens (tertiary/aromatic N) is 1. The third-order valence-corrected chi connectivity index (χ3v) is 2.68. The molecular formula is C10H16N2O. The minimum Gasteiger partial charge on any atom is -0.355 e. The summed E-state index contributed by atoms with van der Waals surface area (Å²) in [6.45, 7) is 4.68. The molecule has 2 aliphatic rings. The number of amides is 1. The average Bonchev–Trinajstić information content (AvgIpc) is 2.95. The molecule has 1 aliphatic heterocycles. The maximum atomic E-state index is 11.3. The lowest BCUT2D eigenvalue weighted by Gasteiger charge is -2.14. The Morgan fingerprint density at radius 1 is 1.54 bits per heavy atom. The third-order valence-electron chi connectivity index (χ3n) is 2.68. The molecule has 0 aromatic rings. The average molecular weight is 180 g/mol. The number of nitriles is 1. The molecule has 1 saturated carbocycles. The van der Waals surface area contributed by atoms with Crippen molar-refractivity contribution in [1.29, 1.82) is 5.26 Å². The van der Waals surface area contributed by atoms with Crippen LogP contribution in [-0.4, -0.2) is 12.5 Å². The Balaban J connectivity index is 0.000000396. The van der Waals surface area contributed by atoms with Gasteiger partial charge in [-0.2, -0.15) is 5.26 Å². The molecule has 0 aromatic heterocycles. The van der Waals surface area contributed by atoms with Crippen LogP contribution in [0.1, 0.15) is 33.1 Å². The Bertz CT molecular complexity index is 240. The van der Waals surface area contributed by atoms with Crippen molar-refractivity contribution in [3.05, 3.63) is 0 Å². The van der Waals surface area contributed by atoms with E-state index in [1.165, 1.54) is 0 Å². The Labute approximate surface area is 79.1 Å². The van der Waals surface area contributed by atoms with Crippen LogP contribution in [0.15, 0.2) is 0 Å². The smallest absolute Gasteiger partial charge is 0.240 e. The molecule has 1 amide bonds. The molecule has 1 unspecified atom stereocenters. The van der Waals surface area contributed by atoms with Crippen molar-refractivity contribution in [2.24, 2.45) is 11.3 Å². The molecule has 2 rings (SSSR count). The Morgan fingerprint density at radius 3 is 2.46 bits per heavy atom. The van der Waals surface area contributed by atoms with E-state index in [0.29, 0.717) is 18.9 Å². The Morgan fingerprint density at radius 2 is 2.15 bits per heavy atom. The minimum absolute atomic E-state index is 0.0394. The minimum atomic E-state index is -0.639. The van der Waals surface area contributed by atoms with Crippen molar-refractivity contribution in [2.75, 3.05) is 6.54 Å². The summed E-state index contributed by atoms with van der Waals surface area (Å²) in [7, 11) is 0. The number of carbonyl (C=O) groups excluding carboxylic acids is 1. The van der Waals surface area contributed by atoms with Crippen LogP contribution in [0, 0.1) is 22.7 Å². The van der Waals surface area contributed by atoms with Gasteiger partial charge in [-0.05, 0) is 25.2 Å². The van der Waals surface area contributed by atoms with Gasteiger partial charge in [0.2, 0.25) is 5.91 Å². The van der Waals surface area contributed by atoms with Crippen LogP contribution < -0.4 is 5.32 Å². The number of hydrogen-bond acceptors (Lipinski definition) is 2. The topological polar surface area (TPSA) is 52.9 Å². The molecule has 0 aromatic carbocycles. The highest BCUT2D eigenvalue weighted by Crippen LogP contribution is 2.49. The fourth-order valence-corrected chi connectivity index (χ4v) is 1.81. The molecule has 3 nitrogen and oxygen atoms in total. The molecule has 1 heterocycles. The van der Waals surface area contributed by atoms with E-state index in [2.05, 4.69) is 11.4 Å². The summed E-state index contributed by atoms with van der Waals surface area (Å²) in [6.07, 6.45) is 2.83. The van der Waals surface area contributed by atoms with Crippen molar-refractivity contribution in [3.63, 3.8) is 0 Å².